The van der Waals surface area contributed by atoms with Gasteiger partial charge in [-0.1, -0.05) is 20.8 Å². The zero-order valence-corrected chi connectivity index (χ0v) is 12.4. The third-order valence-electron chi connectivity index (χ3n) is 3.07. The molecule has 1 unspecified atom stereocenters. The number of rotatable bonds is 7. The topological polar surface area (TPSA) is 24.5 Å². The van der Waals surface area contributed by atoms with E-state index in [1.54, 1.807) is 0 Å². The molecule has 0 amide bonds. The second-order valence-electron chi connectivity index (χ2n) is 5.33. The van der Waals surface area contributed by atoms with E-state index in [2.05, 4.69) is 43.6 Å². The highest BCUT2D eigenvalue weighted by Crippen LogP contribution is 2.14. The van der Waals surface area contributed by atoms with Crippen LogP contribution in [0.5, 0.6) is 0 Å². The highest BCUT2D eigenvalue weighted by atomic mass is 32.1. The molecule has 1 heterocycles. The van der Waals surface area contributed by atoms with Crippen LogP contribution in [0.1, 0.15) is 33.6 Å². The SMILES string of the molecule is CC(S)CN1CCC(OCCNC(C)C)CC1. The van der Waals surface area contributed by atoms with Gasteiger partial charge in [-0.2, -0.15) is 12.6 Å². The van der Waals surface area contributed by atoms with Gasteiger partial charge < -0.3 is 15.0 Å². The summed E-state index contributed by atoms with van der Waals surface area (Å²) in [5.41, 5.74) is 0. The molecule has 1 rings (SSSR count). The lowest BCUT2D eigenvalue weighted by atomic mass is 10.1. The van der Waals surface area contributed by atoms with E-state index in [0.29, 0.717) is 17.4 Å². The van der Waals surface area contributed by atoms with Gasteiger partial charge in [0, 0.05) is 37.5 Å². The van der Waals surface area contributed by atoms with Crippen molar-refractivity contribution in [1.29, 1.82) is 0 Å². The Morgan fingerprint density at radius 3 is 2.47 bits per heavy atom. The van der Waals surface area contributed by atoms with Gasteiger partial charge in [0.15, 0.2) is 0 Å². The third kappa shape index (κ3) is 7.29. The molecule has 1 N–H and O–H groups in total. The summed E-state index contributed by atoms with van der Waals surface area (Å²) in [4.78, 5) is 2.49. The van der Waals surface area contributed by atoms with Crippen molar-refractivity contribution in [3.63, 3.8) is 0 Å². The van der Waals surface area contributed by atoms with E-state index in [0.717, 1.165) is 32.8 Å². The van der Waals surface area contributed by atoms with Crippen molar-refractivity contribution < 1.29 is 4.74 Å². The fraction of sp³-hybridized carbons (Fsp3) is 1.00. The first-order valence-corrected chi connectivity index (χ1v) is 7.35. The molecule has 17 heavy (non-hydrogen) atoms. The normalized spacial score (nSPS) is 21.0. The Morgan fingerprint density at radius 2 is 1.94 bits per heavy atom. The average Bonchev–Trinajstić information content (AvgIpc) is 2.25. The van der Waals surface area contributed by atoms with Crippen LogP contribution in [0.15, 0.2) is 0 Å². The molecule has 1 aliphatic heterocycles. The molecule has 1 atom stereocenters. The van der Waals surface area contributed by atoms with Gasteiger partial charge in [-0.15, -0.1) is 0 Å². The van der Waals surface area contributed by atoms with Gasteiger partial charge in [0.25, 0.3) is 0 Å². The van der Waals surface area contributed by atoms with Crippen LogP contribution in [0.25, 0.3) is 0 Å². The molecule has 3 nitrogen and oxygen atoms in total. The Labute approximate surface area is 112 Å². The molecule has 0 saturated carbocycles. The van der Waals surface area contributed by atoms with Gasteiger partial charge in [0.1, 0.15) is 0 Å². The predicted octanol–water partition coefficient (Wildman–Crippen LogP) is 1.78. The number of hydrogen-bond donors (Lipinski definition) is 2. The first-order valence-electron chi connectivity index (χ1n) is 6.83. The molecule has 1 saturated heterocycles. The Bertz CT molecular complexity index is 189. The molecule has 102 valence electrons. The van der Waals surface area contributed by atoms with Crippen LogP contribution >= 0.6 is 12.6 Å². The summed E-state index contributed by atoms with van der Waals surface area (Å²) in [6.07, 6.45) is 2.81. The van der Waals surface area contributed by atoms with Crippen molar-refractivity contribution in [1.82, 2.24) is 10.2 Å². The number of hydrogen-bond acceptors (Lipinski definition) is 4. The van der Waals surface area contributed by atoms with Crippen molar-refractivity contribution in [2.45, 2.75) is 51.0 Å². The first-order chi connectivity index (χ1) is 8.08. The molecule has 4 heteroatoms. The summed E-state index contributed by atoms with van der Waals surface area (Å²) in [5, 5.41) is 3.85. The predicted molar refractivity (Wildman–Crippen MR) is 77.0 cm³/mol. The van der Waals surface area contributed by atoms with Crippen molar-refractivity contribution >= 4 is 12.6 Å². The molecule has 0 aromatic heterocycles. The zero-order chi connectivity index (χ0) is 12.7. The standard InChI is InChI=1S/C13H28N2OS/c1-11(2)14-6-9-16-13-4-7-15(8-5-13)10-12(3)17/h11-14,17H,4-10H2,1-3H3. The highest BCUT2D eigenvalue weighted by Gasteiger charge is 2.19. The van der Waals surface area contributed by atoms with Crippen LogP contribution in [0.2, 0.25) is 0 Å². The minimum absolute atomic E-state index is 0.468. The van der Waals surface area contributed by atoms with Crippen LogP contribution < -0.4 is 5.32 Å². The Kier molecular flexibility index (Phi) is 7.51. The van der Waals surface area contributed by atoms with Gasteiger partial charge in [0.2, 0.25) is 0 Å². The molecule has 1 aliphatic rings. The smallest absolute Gasteiger partial charge is 0.0600 e. The van der Waals surface area contributed by atoms with Gasteiger partial charge in [0.05, 0.1) is 12.7 Å². The first kappa shape index (κ1) is 15.3. The lowest BCUT2D eigenvalue weighted by Crippen LogP contribution is -2.40. The highest BCUT2D eigenvalue weighted by molar-refractivity contribution is 7.80. The van der Waals surface area contributed by atoms with Crippen molar-refractivity contribution in [2.75, 3.05) is 32.8 Å². The van der Waals surface area contributed by atoms with Crippen LogP contribution in [0.3, 0.4) is 0 Å². The monoisotopic (exact) mass is 260 g/mol. The average molecular weight is 260 g/mol. The molecule has 0 aromatic rings. The molecule has 1 fully saturated rings. The van der Waals surface area contributed by atoms with Gasteiger partial charge in [-0.3, -0.25) is 0 Å². The second-order valence-corrected chi connectivity index (χ2v) is 6.21. The van der Waals surface area contributed by atoms with E-state index in [-0.39, 0.29) is 0 Å². The molecule has 0 aromatic carbocycles. The number of ether oxygens (including phenoxy) is 1. The summed E-state index contributed by atoms with van der Waals surface area (Å²) in [5.74, 6) is 0. The lowest BCUT2D eigenvalue weighted by molar-refractivity contribution is 0.00906. The van der Waals surface area contributed by atoms with Crippen molar-refractivity contribution in [3.8, 4) is 0 Å². The van der Waals surface area contributed by atoms with Crippen LogP contribution in [-0.4, -0.2) is 55.1 Å². The van der Waals surface area contributed by atoms with Crippen LogP contribution in [0.4, 0.5) is 0 Å². The van der Waals surface area contributed by atoms with Gasteiger partial charge in [-0.05, 0) is 12.8 Å². The summed E-state index contributed by atoms with van der Waals surface area (Å²) in [6, 6.07) is 0.553. The molecule has 0 bridgehead atoms. The van der Waals surface area contributed by atoms with Gasteiger partial charge >= 0.3 is 0 Å². The number of piperidine rings is 1. The van der Waals surface area contributed by atoms with Crippen LogP contribution in [0, 0.1) is 0 Å². The summed E-state index contributed by atoms with van der Waals surface area (Å²) < 4.78 is 5.88. The molecular formula is C13H28N2OS. The fourth-order valence-electron chi connectivity index (χ4n) is 2.21. The van der Waals surface area contributed by atoms with E-state index in [1.165, 1.54) is 12.8 Å². The third-order valence-corrected chi connectivity index (χ3v) is 3.23. The minimum Gasteiger partial charge on any atom is -0.377 e. The number of nitrogens with zero attached hydrogens (tertiary/aromatic N) is 1. The van der Waals surface area contributed by atoms with Crippen molar-refractivity contribution in [2.24, 2.45) is 0 Å². The van der Waals surface area contributed by atoms with E-state index in [4.69, 9.17) is 4.74 Å². The molecule has 0 radical (unpaired) electrons. The summed E-state index contributed by atoms with van der Waals surface area (Å²) >= 11 is 4.44. The van der Waals surface area contributed by atoms with E-state index in [1.807, 2.05) is 0 Å². The maximum atomic E-state index is 5.88. The quantitative estimate of drug-likeness (QED) is 0.539. The largest absolute Gasteiger partial charge is 0.377 e. The van der Waals surface area contributed by atoms with E-state index >= 15 is 0 Å². The summed E-state index contributed by atoms with van der Waals surface area (Å²) in [6.45, 7) is 11.7. The molecule has 0 spiro atoms. The fourth-order valence-corrected chi connectivity index (χ4v) is 2.44. The second kappa shape index (κ2) is 8.35. The van der Waals surface area contributed by atoms with E-state index < -0.39 is 0 Å². The lowest BCUT2D eigenvalue weighted by Gasteiger charge is -2.32. The van der Waals surface area contributed by atoms with Gasteiger partial charge in [-0.25, -0.2) is 0 Å². The zero-order valence-electron chi connectivity index (χ0n) is 11.5. The Hall–Kier alpha value is 0.230. The maximum Gasteiger partial charge on any atom is 0.0600 e. The Morgan fingerprint density at radius 1 is 1.29 bits per heavy atom. The molecule has 0 aliphatic carbocycles. The summed E-state index contributed by atoms with van der Waals surface area (Å²) in [7, 11) is 0. The molecular weight excluding hydrogens is 232 g/mol. The number of thiol groups is 1. The van der Waals surface area contributed by atoms with Crippen molar-refractivity contribution in [3.05, 3.63) is 0 Å². The van der Waals surface area contributed by atoms with Crippen LogP contribution in [-0.2, 0) is 4.74 Å². The maximum absolute atomic E-state index is 5.88. The number of nitrogens with one attached hydrogen (secondary N) is 1. The Balaban J connectivity index is 2.03. The minimum atomic E-state index is 0.468. The number of likely N-dealkylation sites (tertiary alicyclic amines) is 1. The van der Waals surface area contributed by atoms with E-state index in [9.17, 15) is 0 Å².